The molecule has 0 aliphatic heterocycles. The summed E-state index contributed by atoms with van der Waals surface area (Å²) < 4.78 is 4.10. The fraction of sp³-hybridized carbons (Fsp3) is 1.00. The molecule has 0 radical (unpaired) electrons. The maximum absolute atomic E-state index is 7.65. The lowest BCUT2D eigenvalue weighted by molar-refractivity contribution is 0.0325. The van der Waals surface area contributed by atoms with Crippen LogP contribution in [0.15, 0.2) is 0 Å². The van der Waals surface area contributed by atoms with Gasteiger partial charge < -0.3 is 9.84 Å². The van der Waals surface area contributed by atoms with Gasteiger partial charge in [-0.15, -0.1) is 0 Å². The van der Waals surface area contributed by atoms with Crippen molar-refractivity contribution in [3.63, 3.8) is 0 Å². The summed E-state index contributed by atoms with van der Waals surface area (Å²) in [6.45, 7) is -0.181. The van der Waals surface area contributed by atoms with E-state index in [1.807, 2.05) is 0 Å². The maximum atomic E-state index is 7.65. The van der Waals surface area contributed by atoms with Gasteiger partial charge in [0.25, 0.3) is 0 Å². The van der Waals surface area contributed by atoms with Gasteiger partial charge in [-0.1, -0.05) is 38.5 Å². The molecule has 1 N–H and O–H groups in total. The van der Waals surface area contributed by atoms with Crippen LogP contribution in [0.3, 0.4) is 0 Å². The summed E-state index contributed by atoms with van der Waals surface area (Å²) >= 11 is 0. The average molecular weight is 146 g/mol. The second-order valence-corrected chi connectivity index (χ2v) is 2.54. The first-order chi connectivity index (χ1) is 4.91. The van der Waals surface area contributed by atoms with Gasteiger partial charge in [0, 0.05) is 7.11 Å². The van der Waals surface area contributed by atoms with Crippen molar-refractivity contribution in [3.05, 3.63) is 0 Å². The van der Waals surface area contributed by atoms with Crippen LogP contribution in [0, 0.1) is 0 Å². The van der Waals surface area contributed by atoms with E-state index in [4.69, 9.17) is 5.11 Å². The second kappa shape index (κ2) is 8.92. The minimum absolute atomic E-state index is 0.181. The van der Waals surface area contributed by atoms with Crippen molar-refractivity contribution >= 4 is 0 Å². The largest absolute Gasteiger partial charge is 0.371 e. The zero-order valence-electron chi connectivity index (χ0n) is 6.81. The molecule has 2 nitrogen and oxygen atoms in total. The highest BCUT2D eigenvalue weighted by atomic mass is 16.6. The lowest BCUT2D eigenvalue weighted by Crippen LogP contribution is -1.85. The zero-order chi connectivity index (χ0) is 7.66. The van der Waals surface area contributed by atoms with Crippen LogP contribution < -0.4 is 0 Å². The highest BCUT2D eigenvalue weighted by Gasteiger charge is 1.95. The summed E-state index contributed by atoms with van der Waals surface area (Å²) in [5.41, 5.74) is 0. The van der Waals surface area contributed by atoms with Gasteiger partial charge in [0.05, 0.1) is 0 Å². The summed E-state index contributed by atoms with van der Waals surface area (Å²) in [4.78, 5) is 0. The monoisotopic (exact) mass is 146 g/mol. The van der Waals surface area contributed by atoms with Crippen LogP contribution in [0.1, 0.15) is 38.5 Å². The standard InChI is InChI=1S/C6H12.C2H6O2/c1-2-4-6-5-3-1;1-4-2-3/h1-6H2;3H,2H2,1H3. The zero-order valence-corrected chi connectivity index (χ0v) is 6.81. The van der Waals surface area contributed by atoms with E-state index in [9.17, 15) is 0 Å². The second-order valence-electron chi connectivity index (χ2n) is 2.54. The Labute approximate surface area is 63.2 Å². The molecular weight excluding hydrogens is 128 g/mol. The normalized spacial score (nSPS) is 17.4. The molecule has 10 heavy (non-hydrogen) atoms. The maximum Gasteiger partial charge on any atom is 0.143 e. The van der Waals surface area contributed by atoms with Crippen LogP contribution in [0.25, 0.3) is 0 Å². The molecular formula is C8H18O2. The van der Waals surface area contributed by atoms with Crippen molar-refractivity contribution in [3.8, 4) is 0 Å². The van der Waals surface area contributed by atoms with Crippen molar-refractivity contribution in [2.45, 2.75) is 38.5 Å². The van der Waals surface area contributed by atoms with E-state index >= 15 is 0 Å². The molecule has 0 saturated heterocycles. The molecule has 1 aliphatic carbocycles. The topological polar surface area (TPSA) is 29.5 Å². The van der Waals surface area contributed by atoms with E-state index in [0.29, 0.717) is 0 Å². The molecule has 1 rings (SSSR count). The molecule has 0 spiro atoms. The third-order valence-electron chi connectivity index (χ3n) is 1.63. The molecule has 0 aromatic heterocycles. The Kier molecular flexibility index (Phi) is 8.85. The molecule has 0 aromatic rings. The number of rotatable bonds is 1. The van der Waals surface area contributed by atoms with Gasteiger partial charge in [0.1, 0.15) is 6.79 Å². The van der Waals surface area contributed by atoms with Crippen LogP contribution in [0.5, 0.6) is 0 Å². The molecule has 0 aromatic carbocycles. The van der Waals surface area contributed by atoms with Crippen molar-refractivity contribution in [1.29, 1.82) is 0 Å². The minimum Gasteiger partial charge on any atom is -0.371 e. The average Bonchev–Trinajstić information content (AvgIpc) is 2.08. The number of hydrogen-bond acceptors (Lipinski definition) is 2. The number of hydrogen-bond donors (Lipinski definition) is 1. The Morgan fingerprint density at radius 2 is 1.20 bits per heavy atom. The molecule has 0 bridgehead atoms. The third kappa shape index (κ3) is 7.92. The van der Waals surface area contributed by atoms with Crippen LogP contribution in [0.2, 0.25) is 0 Å². The molecule has 1 saturated carbocycles. The van der Waals surface area contributed by atoms with Gasteiger partial charge in [-0.2, -0.15) is 0 Å². The SMILES string of the molecule is C1CCCCC1.COCO. The Bertz CT molecular complexity index is 37.7. The fourth-order valence-electron chi connectivity index (χ4n) is 1.06. The van der Waals surface area contributed by atoms with Gasteiger partial charge >= 0.3 is 0 Å². The van der Waals surface area contributed by atoms with Gasteiger partial charge in [0.2, 0.25) is 0 Å². The van der Waals surface area contributed by atoms with Crippen molar-refractivity contribution in [1.82, 2.24) is 0 Å². The van der Waals surface area contributed by atoms with E-state index in [-0.39, 0.29) is 6.79 Å². The quantitative estimate of drug-likeness (QED) is 0.573. The van der Waals surface area contributed by atoms with E-state index < -0.39 is 0 Å². The Balaban J connectivity index is 0.000000180. The van der Waals surface area contributed by atoms with E-state index in [1.165, 1.54) is 45.6 Å². The predicted molar refractivity (Wildman–Crippen MR) is 41.8 cm³/mol. The summed E-state index contributed by atoms with van der Waals surface area (Å²) in [6, 6.07) is 0. The summed E-state index contributed by atoms with van der Waals surface area (Å²) in [5.74, 6) is 0. The number of ether oxygens (including phenoxy) is 1. The van der Waals surface area contributed by atoms with Gasteiger partial charge in [-0.3, -0.25) is 0 Å². The third-order valence-corrected chi connectivity index (χ3v) is 1.63. The smallest absolute Gasteiger partial charge is 0.143 e. The predicted octanol–water partition coefficient (Wildman–Crippen LogP) is 1.92. The van der Waals surface area contributed by atoms with E-state index in [2.05, 4.69) is 4.74 Å². The van der Waals surface area contributed by atoms with Crippen molar-refractivity contribution < 1.29 is 9.84 Å². The van der Waals surface area contributed by atoms with Crippen LogP contribution in [-0.2, 0) is 4.74 Å². The first kappa shape index (κ1) is 9.92. The number of aliphatic hydroxyl groups excluding tert-OH is 1. The van der Waals surface area contributed by atoms with Gasteiger partial charge in [-0.25, -0.2) is 0 Å². The van der Waals surface area contributed by atoms with Crippen LogP contribution in [-0.4, -0.2) is 19.0 Å². The summed E-state index contributed by atoms with van der Waals surface area (Å²) in [5, 5.41) is 7.65. The summed E-state index contributed by atoms with van der Waals surface area (Å²) in [7, 11) is 1.43. The molecule has 0 heterocycles. The summed E-state index contributed by atoms with van der Waals surface area (Å²) in [6.07, 6.45) is 9.00. The van der Waals surface area contributed by atoms with Gasteiger partial charge in [0.15, 0.2) is 0 Å². The van der Waals surface area contributed by atoms with Crippen molar-refractivity contribution in [2.24, 2.45) is 0 Å². The lowest BCUT2D eigenvalue weighted by Gasteiger charge is -2.05. The highest BCUT2D eigenvalue weighted by Crippen LogP contribution is 2.15. The van der Waals surface area contributed by atoms with Crippen LogP contribution >= 0.6 is 0 Å². The highest BCUT2D eigenvalue weighted by molar-refractivity contribution is 4.51. The Morgan fingerprint density at radius 3 is 1.30 bits per heavy atom. The molecule has 1 aliphatic rings. The number of aliphatic hydroxyl groups is 1. The van der Waals surface area contributed by atoms with Crippen molar-refractivity contribution in [2.75, 3.05) is 13.9 Å². The first-order valence-electron chi connectivity index (χ1n) is 4.01. The number of methoxy groups -OCH3 is 1. The molecule has 2 heteroatoms. The first-order valence-corrected chi connectivity index (χ1v) is 4.01. The molecule has 0 atom stereocenters. The molecule has 1 fully saturated rings. The molecule has 0 unspecified atom stereocenters. The Morgan fingerprint density at radius 1 is 1.00 bits per heavy atom. The minimum atomic E-state index is -0.181. The fourth-order valence-corrected chi connectivity index (χ4v) is 1.06. The van der Waals surface area contributed by atoms with E-state index in [0.717, 1.165) is 0 Å². The van der Waals surface area contributed by atoms with E-state index in [1.54, 1.807) is 0 Å². The Hall–Kier alpha value is -0.0800. The molecule has 0 amide bonds. The lowest BCUT2D eigenvalue weighted by atomic mass is 10.0. The van der Waals surface area contributed by atoms with Crippen LogP contribution in [0.4, 0.5) is 0 Å². The van der Waals surface area contributed by atoms with Gasteiger partial charge in [-0.05, 0) is 0 Å². The molecule has 62 valence electrons.